The second-order valence-electron chi connectivity index (χ2n) is 5.37. The summed E-state index contributed by atoms with van der Waals surface area (Å²) in [7, 11) is 0.0532. The van der Waals surface area contributed by atoms with Crippen LogP contribution in [0.25, 0.3) is 0 Å². The van der Waals surface area contributed by atoms with Crippen LogP contribution in [-0.4, -0.2) is 39.5 Å². The summed E-state index contributed by atoms with van der Waals surface area (Å²) in [5.74, 6) is -0.751. The molecule has 0 saturated heterocycles. The van der Waals surface area contributed by atoms with E-state index in [1.807, 2.05) is 19.0 Å². The Hall–Kier alpha value is -0.500. The Labute approximate surface area is 127 Å². The highest BCUT2D eigenvalue weighted by molar-refractivity contribution is 9.10. The van der Waals surface area contributed by atoms with Gasteiger partial charge in [0.2, 0.25) is 10.0 Å². The van der Waals surface area contributed by atoms with Gasteiger partial charge in [0.05, 0.1) is 0 Å². The van der Waals surface area contributed by atoms with E-state index < -0.39 is 15.8 Å². The minimum Gasteiger partial charge on any atom is -0.302 e. The van der Waals surface area contributed by atoms with E-state index in [1.165, 1.54) is 12.1 Å². The van der Waals surface area contributed by atoms with E-state index in [1.54, 1.807) is 0 Å². The van der Waals surface area contributed by atoms with Crippen molar-refractivity contribution in [3.8, 4) is 0 Å². The molecule has 0 unspecified atom stereocenters. The second kappa shape index (κ2) is 5.71. The summed E-state index contributed by atoms with van der Waals surface area (Å²) in [6.45, 7) is 0.303. The van der Waals surface area contributed by atoms with Gasteiger partial charge in [-0.3, -0.25) is 0 Å². The maximum atomic E-state index is 13.8. The Kier molecular flexibility index (Phi) is 4.53. The van der Waals surface area contributed by atoms with Crippen molar-refractivity contribution >= 4 is 26.0 Å². The quantitative estimate of drug-likeness (QED) is 0.872. The fourth-order valence-corrected chi connectivity index (χ4v) is 3.88. The number of benzene rings is 1. The van der Waals surface area contributed by atoms with Gasteiger partial charge >= 0.3 is 0 Å². The van der Waals surface area contributed by atoms with Crippen LogP contribution in [0.3, 0.4) is 0 Å². The third-order valence-electron chi connectivity index (χ3n) is 4.01. The molecule has 20 heavy (non-hydrogen) atoms. The average molecular weight is 365 g/mol. The largest absolute Gasteiger partial charge is 0.302 e. The van der Waals surface area contributed by atoms with Gasteiger partial charge in [0.25, 0.3) is 0 Å². The van der Waals surface area contributed by atoms with Crippen molar-refractivity contribution in [1.29, 1.82) is 0 Å². The second-order valence-corrected chi connectivity index (χ2v) is 8.02. The molecule has 112 valence electrons. The molecule has 0 aliphatic heterocycles. The number of nitrogens with one attached hydrogen (secondary N) is 1. The number of sulfonamides is 1. The maximum absolute atomic E-state index is 13.8. The van der Waals surface area contributed by atoms with Crippen LogP contribution in [0.4, 0.5) is 4.39 Å². The number of nitrogens with zero attached hydrogens (tertiary/aromatic N) is 1. The monoisotopic (exact) mass is 364 g/mol. The predicted molar refractivity (Wildman–Crippen MR) is 79.6 cm³/mol. The van der Waals surface area contributed by atoms with Gasteiger partial charge in [-0.2, -0.15) is 0 Å². The molecule has 0 bridgehead atoms. The van der Waals surface area contributed by atoms with E-state index in [9.17, 15) is 12.8 Å². The number of likely N-dealkylation sites (N-methyl/N-ethyl adjacent to an activating group) is 1. The summed E-state index contributed by atoms with van der Waals surface area (Å²) in [4.78, 5) is 1.73. The number of hydrogen-bond donors (Lipinski definition) is 1. The molecule has 0 atom stereocenters. The first-order valence-electron chi connectivity index (χ1n) is 6.39. The summed E-state index contributed by atoms with van der Waals surface area (Å²) in [5.41, 5.74) is -0.140. The fraction of sp³-hybridized carbons (Fsp3) is 0.538. The van der Waals surface area contributed by atoms with Crippen LogP contribution < -0.4 is 4.72 Å². The maximum Gasteiger partial charge on any atom is 0.243 e. The van der Waals surface area contributed by atoms with Gasteiger partial charge < -0.3 is 4.90 Å². The van der Waals surface area contributed by atoms with Crippen molar-refractivity contribution in [3.63, 3.8) is 0 Å². The molecule has 0 radical (unpaired) electrons. The van der Waals surface area contributed by atoms with Crippen LogP contribution in [0, 0.1) is 5.82 Å². The number of hydrogen-bond acceptors (Lipinski definition) is 3. The first-order chi connectivity index (χ1) is 9.27. The van der Waals surface area contributed by atoms with E-state index in [2.05, 4.69) is 20.7 Å². The Balaban J connectivity index is 2.15. The third-order valence-corrected chi connectivity index (χ3v) is 5.94. The van der Waals surface area contributed by atoms with Crippen molar-refractivity contribution in [3.05, 3.63) is 28.5 Å². The normalized spacial score (nSPS) is 18.1. The Morgan fingerprint density at radius 3 is 2.50 bits per heavy atom. The minimum absolute atomic E-state index is 0.140. The van der Waals surface area contributed by atoms with Crippen molar-refractivity contribution in [2.45, 2.75) is 29.7 Å². The lowest BCUT2D eigenvalue weighted by Gasteiger charge is -2.47. The molecule has 1 fully saturated rings. The smallest absolute Gasteiger partial charge is 0.243 e. The third kappa shape index (κ3) is 3.05. The van der Waals surface area contributed by atoms with Gasteiger partial charge in [0.15, 0.2) is 0 Å². The average Bonchev–Trinajstić information content (AvgIpc) is 2.25. The summed E-state index contributed by atoms with van der Waals surface area (Å²) >= 11 is 3.11. The lowest BCUT2D eigenvalue weighted by molar-refractivity contribution is 0.0656. The molecule has 0 spiro atoms. The number of rotatable bonds is 5. The molecule has 1 N–H and O–H groups in total. The van der Waals surface area contributed by atoms with Crippen molar-refractivity contribution in [1.82, 2.24) is 9.62 Å². The lowest BCUT2D eigenvalue weighted by atomic mass is 9.76. The summed E-state index contributed by atoms with van der Waals surface area (Å²) in [5, 5.41) is 0. The topological polar surface area (TPSA) is 49.4 Å². The molecule has 7 heteroatoms. The highest BCUT2D eigenvalue weighted by Gasteiger charge is 2.40. The van der Waals surface area contributed by atoms with Crippen LogP contribution >= 0.6 is 15.9 Å². The van der Waals surface area contributed by atoms with Gasteiger partial charge in [0, 0.05) is 16.6 Å². The van der Waals surface area contributed by atoms with E-state index in [0.29, 0.717) is 11.0 Å². The van der Waals surface area contributed by atoms with Crippen LogP contribution in [0.1, 0.15) is 19.3 Å². The molecule has 4 nitrogen and oxygen atoms in total. The molecule has 1 saturated carbocycles. The Morgan fingerprint density at radius 1 is 1.40 bits per heavy atom. The zero-order chi connectivity index (χ0) is 15.0. The molecular weight excluding hydrogens is 347 g/mol. The van der Waals surface area contributed by atoms with Gasteiger partial charge in [-0.05, 0) is 51.6 Å². The molecule has 1 aliphatic carbocycles. The van der Waals surface area contributed by atoms with Gasteiger partial charge in [-0.1, -0.05) is 15.9 Å². The zero-order valence-corrected chi connectivity index (χ0v) is 13.9. The Morgan fingerprint density at radius 2 is 2.05 bits per heavy atom. The van der Waals surface area contributed by atoms with Gasteiger partial charge in [-0.15, -0.1) is 0 Å². The van der Waals surface area contributed by atoms with Crippen LogP contribution in [0.5, 0.6) is 0 Å². The minimum atomic E-state index is -3.82. The Bertz CT molecular complexity index is 600. The molecular formula is C13H18BrFN2O2S. The standard InChI is InChI=1S/C13H18BrFN2O2S/c1-17(2)13(6-3-7-13)9-16-20(18,19)12-5-4-10(14)8-11(12)15/h4-5,8,16H,3,6-7,9H2,1-2H3. The first-order valence-corrected chi connectivity index (χ1v) is 8.67. The molecule has 2 rings (SSSR count). The highest BCUT2D eigenvalue weighted by Crippen LogP contribution is 2.35. The summed E-state index contributed by atoms with van der Waals surface area (Å²) < 4.78 is 41.2. The first kappa shape index (κ1) is 15.9. The van der Waals surface area contributed by atoms with E-state index in [0.717, 1.165) is 25.3 Å². The van der Waals surface area contributed by atoms with Crippen LogP contribution in [-0.2, 0) is 10.0 Å². The molecule has 0 amide bonds. The van der Waals surface area contributed by atoms with Crippen LogP contribution in [0.2, 0.25) is 0 Å². The molecule has 0 aromatic heterocycles. The zero-order valence-electron chi connectivity index (χ0n) is 11.5. The summed E-state index contributed by atoms with van der Waals surface area (Å²) in [6, 6.07) is 3.94. The fourth-order valence-electron chi connectivity index (χ4n) is 2.37. The van der Waals surface area contributed by atoms with Crippen molar-refractivity contribution < 1.29 is 12.8 Å². The lowest BCUT2D eigenvalue weighted by Crippen LogP contribution is -2.57. The SMILES string of the molecule is CN(C)C1(CNS(=O)(=O)c2ccc(Br)cc2F)CCC1. The van der Waals surface area contributed by atoms with Gasteiger partial charge in [0.1, 0.15) is 10.7 Å². The molecule has 1 aromatic rings. The van der Waals surface area contributed by atoms with E-state index in [-0.39, 0.29) is 10.4 Å². The molecule has 1 aromatic carbocycles. The molecule has 1 aliphatic rings. The van der Waals surface area contributed by atoms with E-state index in [4.69, 9.17) is 0 Å². The van der Waals surface area contributed by atoms with Crippen molar-refractivity contribution in [2.24, 2.45) is 0 Å². The van der Waals surface area contributed by atoms with Gasteiger partial charge in [-0.25, -0.2) is 17.5 Å². The number of halogens is 2. The summed E-state index contributed by atoms with van der Waals surface area (Å²) in [6.07, 6.45) is 2.99. The highest BCUT2D eigenvalue weighted by atomic mass is 79.9. The molecule has 0 heterocycles. The predicted octanol–water partition coefficient (Wildman–Crippen LogP) is 2.35. The van der Waals surface area contributed by atoms with Crippen LogP contribution in [0.15, 0.2) is 27.6 Å². The van der Waals surface area contributed by atoms with Crippen molar-refractivity contribution in [2.75, 3.05) is 20.6 Å². The van der Waals surface area contributed by atoms with E-state index >= 15 is 0 Å².